The fourth-order valence-electron chi connectivity index (χ4n) is 1.92. The van der Waals surface area contributed by atoms with E-state index in [0.29, 0.717) is 24.6 Å². The van der Waals surface area contributed by atoms with E-state index in [4.69, 9.17) is 4.74 Å². The molecule has 0 atom stereocenters. The summed E-state index contributed by atoms with van der Waals surface area (Å²) in [6, 6.07) is 7.97. The zero-order chi connectivity index (χ0) is 15.4. The van der Waals surface area contributed by atoms with Crippen LogP contribution in [0.5, 0.6) is 0 Å². The van der Waals surface area contributed by atoms with Crippen LogP contribution in [-0.2, 0) is 22.6 Å². The summed E-state index contributed by atoms with van der Waals surface area (Å²) in [6.45, 7) is 0.402. The summed E-state index contributed by atoms with van der Waals surface area (Å²) in [5.74, 6) is -0.0839. The molecule has 114 valence electrons. The average Bonchev–Trinajstić information content (AvgIpc) is 3.12. The van der Waals surface area contributed by atoms with Crippen molar-refractivity contribution in [2.45, 2.75) is 19.4 Å². The quantitative estimate of drug-likeness (QED) is 0.750. The predicted molar refractivity (Wildman–Crippen MR) is 87.2 cm³/mol. The van der Waals surface area contributed by atoms with Gasteiger partial charge in [0.1, 0.15) is 11.6 Å². The van der Waals surface area contributed by atoms with Crippen molar-refractivity contribution >= 4 is 43.9 Å². The highest BCUT2D eigenvalue weighted by Gasteiger charge is 2.10. The fourth-order valence-corrected chi connectivity index (χ4v) is 3.61. The van der Waals surface area contributed by atoms with Crippen molar-refractivity contribution in [3.8, 4) is 0 Å². The topological polar surface area (TPSA) is 77.0 Å². The Bertz CT molecular complexity index is 751. The first kappa shape index (κ1) is 15.0. The highest BCUT2D eigenvalue weighted by Crippen LogP contribution is 2.22. The van der Waals surface area contributed by atoms with E-state index in [9.17, 15) is 4.79 Å². The van der Waals surface area contributed by atoms with Gasteiger partial charge in [-0.1, -0.05) is 23.5 Å². The zero-order valence-electron chi connectivity index (χ0n) is 11.9. The molecular weight excluding hydrogens is 320 g/mol. The number of benzene rings is 1. The van der Waals surface area contributed by atoms with Gasteiger partial charge in [-0.25, -0.2) is 4.98 Å². The molecular formula is C14H14N4O2S2. The van der Waals surface area contributed by atoms with E-state index in [1.165, 1.54) is 11.3 Å². The number of ether oxygens (including phenoxy) is 1. The molecule has 1 N–H and O–H groups in total. The lowest BCUT2D eigenvalue weighted by Gasteiger charge is -1.98. The SMILES string of the molecule is COCc1nnc(NC(=O)CCc2nc3ccccc3s2)s1. The van der Waals surface area contributed by atoms with Gasteiger partial charge in [-0.2, -0.15) is 0 Å². The molecule has 0 bridgehead atoms. The number of nitrogens with one attached hydrogen (secondary N) is 1. The fraction of sp³-hybridized carbons (Fsp3) is 0.286. The minimum atomic E-state index is -0.0839. The molecule has 6 nitrogen and oxygen atoms in total. The van der Waals surface area contributed by atoms with Crippen LogP contribution < -0.4 is 5.32 Å². The molecule has 0 unspecified atom stereocenters. The Morgan fingerprint density at radius 1 is 1.23 bits per heavy atom. The monoisotopic (exact) mass is 334 g/mol. The Morgan fingerprint density at radius 2 is 2.09 bits per heavy atom. The van der Waals surface area contributed by atoms with Crippen LogP contribution in [0.15, 0.2) is 24.3 Å². The summed E-state index contributed by atoms with van der Waals surface area (Å²) >= 11 is 2.94. The molecule has 22 heavy (non-hydrogen) atoms. The van der Waals surface area contributed by atoms with Crippen LogP contribution in [-0.4, -0.2) is 28.2 Å². The number of rotatable bonds is 6. The number of para-hydroxylation sites is 1. The van der Waals surface area contributed by atoms with Crippen molar-refractivity contribution in [2.75, 3.05) is 12.4 Å². The van der Waals surface area contributed by atoms with Crippen LogP contribution >= 0.6 is 22.7 Å². The van der Waals surface area contributed by atoms with Crippen molar-refractivity contribution in [1.29, 1.82) is 0 Å². The third-order valence-electron chi connectivity index (χ3n) is 2.89. The molecule has 3 rings (SSSR count). The number of aromatic nitrogens is 3. The number of amides is 1. The Morgan fingerprint density at radius 3 is 2.91 bits per heavy atom. The van der Waals surface area contributed by atoms with Crippen molar-refractivity contribution in [3.05, 3.63) is 34.3 Å². The zero-order valence-corrected chi connectivity index (χ0v) is 13.5. The second kappa shape index (κ2) is 6.91. The van der Waals surface area contributed by atoms with Gasteiger partial charge in [0.2, 0.25) is 11.0 Å². The van der Waals surface area contributed by atoms with Crippen LogP contribution in [0.4, 0.5) is 5.13 Å². The van der Waals surface area contributed by atoms with E-state index in [-0.39, 0.29) is 5.91 Å². The molecule has 3 aromatic rings. The number of anilines is 1. The number of thiazole rings is 1. The number of methoxy groups -OCH3 is 1. The highest BCUT2D eigenvalue weighted by atomic mass is 32.1. The van der Waals surface area contributed by atoms with Gasteiger partial charge in [0, 0.05) is 20.0 Å². The summed E-state index contributed by atoms with van der Waals surface area (Å²) in [4.78, 5) is 16.5. The molecule has 0 aliphatic carbocycles. The summed E-state index contributed by atoms with van der Waals surface area (Å²) in [5, 5.41) is 12.8. The molecule has 2 aromatic heterocycles. The normalized spacial score (nSPS) is 11.0. The lowest BCUT2D eigenvalue weighted by molar-refractivity contribution is -0.116. The van der Waals surface area contributed by atoms with Crippen molar-refractivity contribution in [1.82, 2.24) is 15.2 Å². The van der Waals surface area contributed by atoms with Crippen LogP contribution in [0.1, 0.15) is 16.4 Å². The van der Waals surface area contributed by atoms with Crippen LogP contribution in [0.3, 0.4) is 0 Å². The second-order valence-electron chi connectivity index (χ2n) is 4.56. The van der Waals surface area contributed by atoms with E-state index < -0.39 is 0 Å². The maximum Gasteiger partial charge on any atom is 0.226 e. The third-order valence-corrected chi connectivity index (χ3v) is 4.79. The first-order valence-corrected chi connectivity index (χ1v) is 8.33. The molecule has 0 saturated carbocycles. The van der Waals surface area contributed by atoms with Gasteiger partial charge in [0.05, 0.1) is 15.2 Å². The number of nitrogens with zero attached hydrogens (tertiary/aromatic N) is 3. The van der Waals surface area contributed by atoms with Crippen molar-refractivity contribution in [3.63, 3.8) is 0 Å². The minimum absolute atomic E-state index is 0.0839. The molecule has 0 spiro atoms. The number of carbonyl (C=O) groups excluding carboxylic acids is 1. The number of aryl methyl sites for hydroxylation is 1. The smallest absolute Gasteiger partial charge is 0.226 e. The van der Waals surface area contributed by atoms with E-state index in [1.54, 1.807) is 18.4 Å². The number of carbonyl (C=O) groups is 1. The minimum Gasteiger partial charge on any atom is -0.377 e. The number of hydrogen-bond donors (Lipinski definition) is 1. The summed E-state index contributed by atoms with van der Waals surface area (Å²) in [5.41, 5.74) is 0.983. The highest BCUT2D eigenvalue weighted by molar-refractivity contribution is 7.18. The lowest BCUT2D eigenvalue weighted by Crippen LogP contribution is -2.12. The molecule has 0 aliphatic heterocycles. The largest absolute Gasteiger partial charge is 0.377 e. The summed E-state index contributed by atoms with van der Waals surface area (Å²) < 4.78 is 6.11. The first-order valence-electron chi connectivity index (χ1n) is 6.70. The first-order chi connectivity index (χ1) is 10.7. The van der Waals surface area contributed by atoms with E-state index in [1.807, 2.05) is 24.3 Å². The Labute approximate surface area is 135 Å². The molecule has 1 amide bonds. The standard InChI is InChI=1S/C14H14N4O2S2/c1-20-8-13-17-18-14(22-13)16-11(19)6-7-12-15-9-4-2-3-5-10(9)21-12/h2-5H,6-8H2,1H3,(H,16,18,19). The van der Waals surface area contributed by atoms with E-state index in [2.05, 4.69) is 20.5 Å². The third kappa shape index (κ3) is 3.65. The van der Waals surface area contributed by atoms with Crippen LogP contribution in [0, 0.1) is 0 Å². The number of hydrogen-bond acceptors (Lipinski definition) is 7. The number of fused-ring (bicyclic) bond motifs is 1. The average molecular weight is 334 g/mol. The van der Waals surface area contributed by atoms with E-state index in [0.717, 1.165) is 20.2 Å². The van der Waals surface area contributed by atoms with Gasteiger partial charge in [-0.3, -0.25) is 4.79 Å². The molecule has 1 aromatic carbocycles. The Balaban J connectivity index is 1.55. The van der Waals surface area contributed by atoms with Gasteiger partial charge >= 0.3 is 0 Å². The molecule has 0 aliphatic rings. The van der Waals surface area contributed by atoms with Gasteiger partial charge in [-0.05, 0) is 12.1 Å². The summed E-state index contributed by atoms with van der Waals surface area (Å²) in [7, 11) is 1.59. The summed E-state index contributed by atoms with van der Waals surface area (Å²) in [6.07, 6.45) is 0.994. The lowest BCUT2D eigenvalue weighted by atomic mass is 10.3. The molecule has 0 radical (unpaired) electrons. The van der Waals surface area contributed by atoms with Gasteiger partial charge in [0.25, 0.3) is 0 Å². The van der Waals surface area contributed by atoms with Crippen molar-refractivity contribution < 1.29 is 9.53 Å². The van der Waals surface area contributed by atoms with Gasteiger partial charge in [-0.15, -0.1) is 21.5 Å². The van der Waals surface area contributed by atoms with Gasteiger partial charge < -0.3 is 10.1 Å². The van der Waals surface area contributed by atoms with Crippen LogP contribution in [0.25, 0.3) is 10.2 Å². The molecule has 2 heterocycles. The molecule has 0 fully saturated rings. The Hall–Kier alpha value is -1.90. The molecule has 8 heteroatoms. The second-order valence-corrected chi connectivity index (χ2v) is 6.73. The Kier molecular flexibility index (Phi) is 4.71. The maximum absolute atomic E-state index is 11.9. The predicted octanol–water partition coefficient (Wildman–Crippen LogP) is 2.87. The van der Waals surface area contributed by atoms with Gasteiger partial charge in [0.15, 0.2) is 0 Å². The molecule has 0 saturated heterocycles. The maximum atomic E-state index is 11.9. The van der Waals surface area contributed by atoms with Crippen LogP contribution in [0.2, 0.25) is 0 Å². The van der Waals surface area contributed by atoms with E-state index >= 15 is 0 Å². The van der Waals surface area contributed by atoms with Crippen molar-refractivity contribution in [2.24, 2.45) is 0 Å².